The van der Waals surface area contributed by atoms with Gasteiger partial charge in [0.15, 0.2) is 0 Å². The van der Waals surface area contributed by atoms with Crippen molar-refractivity contribution in [1.82, 2.24) is 0 Å². The van der Waals surface area contributed by atoms with Gasteiger partial charge in [-0.3, -0.25) is 0 Å². The van der Waals surface area contributed by atoms with E-state index in [1.807, 2.05) is 27.7 Å². The van der Waals surface area contributed by atoms with Crippen LogP contribution in [-0.4, -0.2) is 28.0 Å². The van der Waals surface area contributed by atoms with Crippen molar-refractivity contribution in [3.8, 4) is 0 Å². The van der Waals surface area contributed by atoms with E-state index in [-0.39, 0.29) is 18.4 Å². The molecule has 1 aliphatic rings. The Bertz CT molecular complexity index is 278. The molecule has 0 radical (unpaired) electrons. The van der Waals surface area contributed by atoms with Crippen LogP contribution in [0.4, 0.5) is 0 Å². The highest BCUT2D eigenvalue weighted by Gasteiger charge is 2.56. The van der Waals surface area contributed by atoms with E-state index in [4.69, 9.17) is 14.2 Å². The molecule has 1 fully saturated rings. The van der Waals surface area contributed by atoms with E-state index in [1.54, 1.807) is 0 Å². The number of aliphatic hydroxyl groups is 1. The van der Waals surface area contributed by atoms with Crippen LogP contribution in [0.3, 0.4) is 0 Å². The van der Waals surface area contributed by atoms with Crippen molar-refractivity contribution >= 4 is 8.25 Å². The highest BCUT2D eigenvalue weighted by atomic mass is 31.1. The number of hydrogen-bond acceptors (Lipinski definition) is 4. The molecule has 0 aromatic heterocycles. The lowest BCUT2D eigenvalue weighted by molar-refractivity contribution is -0.275. The largest absolute Gasteiger partial charge is 0.697 e. The zero-order valence-electron chi connectivity index (χ0n) is 10.8. The van der Waals surface area contributed by atoms with Gasteiger partial charge in [-0.25, -0.2) is 0 Å². The molecule has 1 unspecified atom stereocenters. The van der Waals surface area contributed by atoms with Crippen LogP contribution >= 0.6 is 8.25 Å². The van der Waals surface area contributed by atoms with Gasteiger partial charge in [0.1, 0.15) is 0 Å². The lowest BCUT2D eigenvalue weighted by atomic mass is 9.91. The van der Waals surface area contributed by atoms with Crippen LogP contribution in [-0.2, 0) is 13.8 Å². The Morgan fingerprint density at radius 1 is 1.29 bits per heavy atom. The Morgan fingerprint density at radius 2 is 1.76 bits per heavy atom. The molecule has 0 aromatic carbocycles. The van der Waals surface area contributed by atoms with Gasteiger partial charge in [-0.1, -0.05) is 32.2 Å². The molecule has 0 aliphatic heterocycles. The van der Waals surface area contributed by atoms with Gasteiger partial charge in [0.25, 0.3) is 0 Å². The second kappa shape index (κ2) is 5.29. The molecule has 5 nitrogen and oxygen atoms in total. The number of aliphatic hydroxyl groups excluding tert-OH is 1. The van der Waals surface area contributed by atoms with Gasteiger partial charge < -0.3 is 9.84 Å². The first-order valence-corrected chi connectivity index (χ1v) is 7.07. The molecule has 2 N–H and O–H groups in total. The van der Waals surface area contributed by atoms with E-state index < -0.39 is 19.6 Å². The summed E-state index contributed by atoms with van der Waals surface area (Å²) < 4.78 is 22.1. The molecule has 0 heterocycles. The lowest BCUT2D eigenvalue weighted by Gasteiger charge is -2.38. The minimum atomic E-state index is -2.74. The van der Waals surface area contributed by atoms with E-state index in [0.29, 0.717) is 0 Å². The SMILES string of the molecule is CC(C)C(O[P+](=O)O)(OC1(CO)CC1)C(C)C. The first-order chi connectivity index (χ1) is 7.78. The summed E-state index contributed by atoms with van der Waals surface area (Å²) in [7, 11) is -2.74. The van der Waals surface area contributed by atoms with Crippen molar-refractivity contribution in [2.75, 3.05) is 6.61 Å². The van der Waals surface area contributed by atoms with Crippen LogP contribution in [0.5, 0.6) is 0 Å². The molecule has 6 heteroatoms. The standard InChI is InChI=1S/C11H21O5P/c1-8(2)11(9(3)4,16-17(13)14)15-10(7-12)5-6-10/h8-9,12H,5-7H2,1-4H3/p+1. The van der Waals surface area contributed by atoms with Gasteiger partial charge in [-0.15, -0.1) is 4.89 Å². The van der Waals surface area contributed by atoms with Crippen LogP contribution in [0.25, 0.3) is 0 Å². The lowest BCUT2D eigenvalue weighted by Crippen LogP contribution is -2.49. The first kappa shape index (κ1) is 15.0. The van der Waals surface area contributed by atoms with Crippen molar-refractivity contribution in [2.45, 2.75) is 51.9 Å². The zero-order valence-corrected chi connectivity index (χ0v) is 11.7. The van der Waals surface area contributed by atoms with Crippen molar-refractivity contribution in [3.63, 3.8) is 0 Å². The van der Waals surface area contributed by atoms with Gasteiger partial charge in [-0.2, -0.15) is 0 Å². The summed E-state index contributed by atoms with van der Waals surface area (Å²) in [5.74, 6) is -1.29. The molecule has 1 aliphatic carbocycles. The summed E-state index contributed by atoms with van der Waals surface area (Å²) >= 11 is 0. The summed E-state index contributed by atoms with van der Waals surface area (Å²) in [6.45, 7) is 7.44. The van der Waals surface area contributed by atoms with Crippen LogP contribution in [0, 0.1) is 11.8 Å². The van der Waals surface area contributed by atoms with Crippen molar-refractivity contribution in [3.05, 3.63) is 0 Å². The fraction of sp³-hybridized carbons (Fsp3) is 1.00. The fourth-order valence-electron chi connectivity index (χ4n) is 2.02. The maximum Gasteiger partial charge on any atom is 0.697 e. The maximum absolute atomic E-state index is 11.0. The predicted octanol–water partition coefficient (Wildman–Crippen LogP) is 2.20. The smallest absolute Gasteiger partial charge is 0.393 e. The topological polar surface area (TPSA) is 76.0 Å². The molecule has 100 valence electrons. The Morgan fingerprint density at radius 3 is 2.00 bits per heavy atom. The minimum absolute atomic E-state index is 0.0836. The Kier molecular flexibility index (Phi) is 4.67. The highest BCUT2D eigenvalue weighted by Crippen LogP contribution is 2.49. The van der Waals surface area contributed by atoms with Gasteiger partial charge in [0.2, 0.25) is 5.79 Å². The quantitative estimate of drug-likeness (QED) is 0.545. The monoisotopic (exact) mass is 265 g/mol. The van der Waals surface area contributed by atoms with Crippen molar-refractivity contribution in [1.29, 1.82) is 0 Å². The Balaban J connectivity index is 2.93. The third-order valence-corrected chi connectivity index (χ3v) is 3.74. The molecule has 0 saturated heterocycles. The highest BCUT2D eigenvalue weighted by molar-refractivity contribution is 7.32. The molecule has 1 atom stereocenters. The summed E-state index contributed by atoms with van der Waals surface area (Å²) in [4.78, 5) is 9.02. The molecule has 0 spiro atoms. The molecule has 1 saturated carbocycles. The normalized spacial score (nSPS) is 19.9. The number of ether oxygens (including phenoxy) is 1. The molecule has 1 rings (SSSR count). The van der Waals surface area contributed by atoms with E-state index in [9.17, 15) is 9.67 Å². The molecular formula is C11H22O5P+. The second-order valence-corrected chi connectivity index (χ2v) is 5.96. The van der Waals surface area contributed by atoms with Crippen LogP contribution in [0.15, 0.2) is 0 Å². The summed E-state index contributed by atoms with van der Waals surface area (Å²) in [5.41, 5.74) is -0.583. The third kappa shape index (κ3) is 3.24. The van der Waals surface area contributed by atoms with E-state index in [2.05, 4.69) is 0 Å². The number of hydrogen-bond donors (Lipinski definition) is 2. The van der Waals surface area contributed by atoms with Gasteiger partial charge in [-0.05, 0) is 12.8 Å². The second-order valence-electron chi connectivity index (χ2n) is 5.30. The third-order valence-electron chi connectivity index (χ3n) is 3.30. The van der Waals surface area contributed by atoms with E-state index in [1.165, 1.54) is 0 Å². The van der Waals surface area contributed by atoms with Crippen molar-refractivity contribution in [2.24, 2.45) is 11.8 Å². The van der Waals surface area contributed by atoms with Crippen LogP contribution in [0.1, 0.15) is 40.5 Å². The maximum atomic E-state index is 11.0. The Labute approximate surface area is 103 Å². The molecule has 0 bridgehead atoms. The van der Waals surface area contributed by atoms with E-state index >= 15 is 0 Å². The predicted molar refractivity (Wildman–Crippen MR) is 63.5 cm³/mol. The molecule has 17 heavy (non-hydrogen) atoms. The van der Waals surface area contributed by atoms with Gasteiger partial charge in [0, 0.05) is 16.4 Å². The van der Waals surface area contributed by atoms with Crippen molar-refractivity contribution < 1.29 is 23.8 Å². The van der Waals surface area contributed by atoms with Gasteiger partial charge in [0.05, 0.1) is 12.2 Å². The minimum Gasteiger partial charge on any atom is -0.393 e. The Hall–Kier alpha value is -0.0600. The van der Waals surface area contributed by atoms with Gasteiger partial charge >= 0.3 is 8.25 Å². The summed E-state index contributed by atoms with van der Waals surface area (Å²) in [6, 6.07) is 0. The van der Waals surface area contributed by atoms with Crippen LogP contribution < -0.4 is 0 Å². The summed E-state index contributed by atoms with van der Waals surface area (Å²) in [5, 5.41) is 9.30. The number of rotatable bonds is 7. The fourth-order valence-corrected chi connectivity index (χ4v) is 2.73. The first-order valence-electron chi connectivity index (χ1n) is 5.94. The van der Waals surface area contributed by atoms with Crippen LogP contribution in [0.2, 0.25) is 0 Å². The molecule has 0 aromatic rings. The molecule has 0 amide bonds. The summed E-state index contributed by atoms with van der Waals surface area (Å²) in [6.07, 6.45) is 1.52. The zero-order chi connectivity index (χ0) is 13.3. The average Bonchev–Trinajstić information content (AvgIpc) is 2.96. The molecular weight excluding hydrogens is 243 g/mol. The van der Waals surface area contributed by atoms with E-state index in [0.717, 1.165) is 12.8 Å². The average molecular weight is 265 g/mol.